The molecule has 2 aliphatic rings. The van der Waals surface area contributed by atoms with Crippen LogP contribution >= 0.6 is 15.9 Å². The summed E-state index contributed by atoms with van der Waals surface area (Å²) >= 11 is 3.43. The fraction of sp³-hybridized carbons (Fsp3) is 0.571. The number of aliphatic hydroxyl groups excluding tert-OH is 1. The zero-order chi connectivity index (χ0) is 12.8. The second-order valence-electron chi connectivity index (χ2n) is 5.32. The molecule has 0 radical (unpaired) electrons. The fourth-order valence-electron chi connectivity index (χ4n) is 3.02. The maximum Gasteiger partial charge on any atom is 0.126 e. The van der Waals surface area contributed by atoms with Gasteiger partial charge in [0.25, 0.3) is 0 Å². The number of hydrogen-bond acceptors (Lipinski definition) is 3. The van der Waals surface area contributed by atoms with Crippen LogP contribution in [0.2, 0.25) is 0 Å². The van der Waals surface area contributed by atoms with Gasteiger partial charge in [0.05, 0.1) is 18.8 Å². The summed E-state index contributed by atoms with van der Waals surface area (Å²) < 4.78 is 12.7. The normalized spacial score (nSPS) is 35.1. The van der Waals surface area contributed by atoms with Gasteiger partial charge in [0.2, 0.25) is 0 Å². The van der Waals surface area contributed by atoms with Gasteiger partial charge in [-0.25, -0.2) is 0 Å². The van der Waals surface area contributed by atoms with Gasteiger partial charge in [-0.05, 0) is 25.1 Å². The predicted octanol–water partition coefficient (Wildman–Crippen LogP) is 3.20. The van der Waals surface area contributed by atoms with Gasteiger partial charge in [0.15, 0.2) is 0 Å². The quantitative estimate of drug-likeness (QED) is 0.799. The molecule has 2 heterocycles. The van der Waals surface area contributed by atoms with E-state index in [9.17, 15) is 5.11 Å². The van der Waals surface area contributed by atoms with Crippen molar-refractivity contribution >= 4 is 15.9 Å². The SMILES string of the molecule is CC1CC2(CCO1)CC(O)c1cc(Br)ccc1O2. The Bertz CT molecular complexity index is 462. The van der Waals surface area contributed by atoms with E-state index in [2.05, 4.69) is 22.9 Å². The van der Waals surface area contributed by atoms with E-state index < -0.39 is 6.10 Å². The first kappa shape index (κ1) is 12.5. The van der Waals surface area contributed by atoms with Gasteiger partial charge in [-0.1, -0.05) is 15.9 Å². The summed E-state index contributed by atoms with van der Waals surface area (Å²) in [6.45, 7) is 2.77. The molecule has 18 heavy (non-hydrogen) atoms. The van der Waals surface area contributed by atoms with E-state index in [0.29, 0.717) is 13.0 Å². The average Bonchev–Trinajstić information content (AvgIpc) is 2.30. The van der Waals surface area contributed by atoms with Crippen molar-refractivity contribution in [3.8, 4) is 5.75 Å². The highest BCUT2D eigenvalue weighted by Gasteiger charge is 2.43. The lowest BCUT2D eigenvalue weighted by Gasteiger charge is -2.44. The summed E-state index contributed by atoms with van der Waals surface area (Å²) in [6, 6.07) is 5.83. The summed E-state index contributed by atoms with van der Waals surface area (Å²) in [4.78, 5) is 0. The van der Waals surface area contributed by atoms with Crippen LogP contribution in [0, 0.1) is 0 Å². The van der Waals surface area contributed by atoms with Crippen LogP contribution in [0.5, 0.6) is 5.75 Å². The largest absolute Gasteiger partial charge is 0.487 e. The molecule has 3 nitrogen and oxygen atoms in total. The van der Waals surface area contributed by atoms with Crippen LogP contribution in [0.25, 0.3) is 0 Å². The molecule has 3 atom stereocenters. The van der Waals surface area contributed by atoms with Crippen molar-refractivity contribution in [2.24, 2.45) is 0 Å². The number of halogens is 1. The minimum Gasteiger partial charge on any atom is -0.487 e. The summed E-state index contributed by atoms with van der Waals surface area (Å²) in [7, 11) is 0. The molecule has 0 aromatic heterocycles. The van der Waals surface area contributed by atoms with E-state index in [1.54, 1.807) is 0 Å². The van der Waals surface area contributed by atoms with Gasteiger partial charge in [0, 0.05) is 29.3 Å². The highest BCUT2D eigenvalue weighted by molar-refractivity contribution is 9.10. The van der Waals surface area contributed by atoms with Crippen LogP contribution < -0.4 is 4.74 Å². The number of benzene rings is 1. The molecule has 1 fully saturated rings. The lowest BCUT2D eigenvalue weighted by Crippen LogP contribution is -2.47. The van der Waals surface area contributed by atoms with Gasteiger partial charge in [-0.3, -0.25) is 0 Å². The van der Waals surface area contributed by atoms with Crippen LogP contribution in [0.15, 0.2) is 22.7 Å². The molecule has 3 unspecified atom stereocenters. The van der Waals surface area contributed by atoms with Gasteiger partial charge in [0.1, 0.15) is 11.4 Å². The molecular weight excluding hydrogens is 296 g/mol. The Morgan fingerprint density at radius 1 is 1.39 bits per heavy atom. The van der Waals surface area contributed by atoms with Crippen LogP contribution in [0.4, 0.5) is 0 Å². The number of fused-ring (bicyclic) bond motifs is 1. The number of rotatable bonds is 0. The van der Waals surface area contributed by atoms with Crippen molar-refractivity contribution in [3.05, 3.63) is 28.2 Å². The van der Waals surface area contributed by atoms with Crippen LogP contribution in [0.1, 0.15) is 37.9 Å². The molecular formula is C14H17BrO3. The van der Waals surface area contributed by atoms with Crippen LogP contribution in [0.3, 0.4) is 0 Å². The Morgan fingerprint density at radius 3 is 3.00 bits per heavy atom. The van der Waals surface area contributed by atoms with Crippen molar-refractivity contribution < 1.29 is 14.6 Å². The Hall–Kier alpha value is -0.580. The van der Waals surface area contributed by atoms with Crippen molar-refractivity contribution in [2.75, 3.05) is 6.61 Å². The zero-order valence-corrected chi connectivity index (χ0v) is 11.9. The molecule has 98 valence electrons. The molecule has 1 saturated heterocycles. The standard InChI is InChI=1S/C14H17BrO3/c1-9-7-14(4-5-17-9)8-12(16)11-6-10(15)2-3-13(11)18-14/h2-3,6,9,12,16H,4-5,7-8H2,1H3. The van der Waals surface area contributed by atoms with Crippen LogP contribution in [-0.2, 0) is 4.74 Å². The summed E-state index contributed by atoms with van der Waals surface area (Å²) in [6.07, 6.45) is 2.10. The van der Waals surface area contributed by atoms with E-state index in [1.165, 1.54) is 0 Å². The summed E-state index contributed by atoms with van der Waals surface area (Å²) in [5, 5.41) is 10.3. The zero-order valence-electron chi connectivity index (χ0n) is 10.4. The molecule has 0 amide bonds. The van der Waals surface area contributed by atoms with E-state index >= 15 is 0 Å². The average molecular weight is 313 g/mol. The molecule has 0 saturated carbocycles. The van der Waals surface area contributed by atoms with E-state index in [0.717, 1.165) is 28.6 Å². The molecule has 0 bridgehead atoms. The van der Waals surface area contributed by atoms with Crippen molar-refractivity contribution in [2.45, 2.75) is 44.0 Å². The third kappa shape index (κ3) is 2.17. The van der Waals surface area contributed by atoms with Crippen molar-refractivity contribution in [3.63, 3.8) is 0 Å². The molecule has 4 heteroatoms. The number of hydrogen-bond donors (Lipinski definition) is 1. The molecule has 1 aromatic rings. The maximum atomic E-state index is 10.3. The van der Waals surface area contributed by atoms with E-state index in [1.807, 2.05) is 18.2 Å². The van der Waals surface area contributed by atoms with Gasteiger partial charge >= 0.3 is 0 Å². The van der Waals surface area contributed by atoms with Gasteiger partial charge in [-0.2, -0.15) is 0 Å². The first-order valence-electron chi connectivity index (χ1n) is 6.36. The van der Waals surface area contributed by atoms with Crippen LogP contribution in [-0.4, -0.2) is 23.4 Å². The minimum absolute atomic E-state index is 0.197. The van der Waals surface area contributed by atoms with E-state index in [4.69, 9.17) is 9.47 Å². The first-order chi connectivity index (χ1) is 8.58. The molecule has 3 rings (SSSR count). The Labute approximate surface area is 115 Å². The minimum atomic E-state index is -0.448. The monoisotopic (exact) mass is 312 g/mol. The predicted molar refractivity (Wildman–Crippen MR) is 71.7 cm³/mol. The topological polar surface area (TPSA) is 38.7 Å². The fourth-order valence-corrected chi connectivity index (χ4v) is 3.40. The van der Waals surface area contributed by atoms with Crippen molar-refractivity contribution in [1.82, 2.24) is 0 Å². The van der Waals surface area contributed by atoms with Crippen molar-refractivity contribution in [1.29, 1.82) is 0 Å². The van der Waals surface area contributed by atoms with Gasteiger partial charge < -0.3 is 14.6 Å². The molecule has 1 N–H and O–H groups in total. The van der Waals surface area contributed by atoms with Gasteiger partial charge in [-0.15, -0.1) is 0 Å². The maximum absolute atomic E-state index is 10.3. The molecule has 2 aliphatic heterocycles. The third-order valence-electron chi connectivity index (χ3n) is 3.84. The highest BCUT2D eigenvalue weighted by Crippen LogP contribution is 2.45. The number of aliphatic hydroxyl groups is 1. The molecule has 1 spiro atoms. The Balaban J connectivity index is 1.93. The lowest BCUT2D eigenvalue weighted by molar-refractivity contribution is -0.111. The lowest BCUT2D eigenvalue weighted by atomic mass is 9.81. The Morgan fingerprint density at radius 2 is 2.22 bits per heavy atom. The Kier molecular flexibility index (Phi) is 3.12. The van der Waals surface area contributed by atoms with E-state index in [-0.39, 0.29) is 11.7 Å². The molecule has 1 aromatic carbocycles. The summed E-state index contributed by atoms with van der Waals surface area (Å²) in [5.41, 5.74) is 0.631. The highest BCUT2D eigenvalue weighted by atomic mass is 79.9. The smallest absolute Gasteiger partial charge is 0.126 e. The number of ether oxygens (including phenoxy) is 2. The molecule has 0 aliphatic carbocycles. The third-order valence-corrected chi connectivity index (χ3v) is 4.34. The first-order valence-corrected chi connectivity index (χ1v) is 7.15. The second-order valence-corrected chi connectivity index (χ2v) is 6.24. The summed E-state index contributed by atoms with van der Waals surface area (Å²) in [5.74, 6) is 0.811. The second kappa shape index (κ2) is 4.51.